The molecule has 0 aromatic heterocycles. The molecule has 1 heterocycles. The number of carbonyl (C=O) groups is 2. The van der Waals surface area contributed by atoms with Crippen molar-refractivity contribution in [2.45, 2.75) is 13.0 Å². The lowest BCUT2D eigenvalue weighted by Crippen LogP contribution is -2.41. The fourth-order valence-corrected chi connectivity index (χ4v) is 4.31. The lowest BCUT2D eigenvalue weighted by Gasteiger charge is -2.31. The number of aryl methyl sites for hydroxylation is 1. The largest absolute Gasteiger partial charge is 0.468 e. The Morgan fingerprint density at radius 1 is 1.20 bits per heavy atom. The average molecular weight is 333 g/mol. The summed E-state index contributed by atoms with van der Waals surface area (Å²) in [4.78, 5) is 28.2. The van der Waals surface area contributed by atoms with Crippen molar-refractivity contribution >= 4 is 17.4 Å². The first kappa shape index (κ1) is 15.6. The summed E-state index contributed by atoms with van der Waals surface area (Å²) < 4.78 is 5.08. The first-order valence-electron chi connectivity index (χ1n) is 8.26. The van der Waals surface area contributed by atoms with Crippen molar-refractivity contribution in [2.75, 3.05) is 18.6 Å². The number of esters is 1. The van der Waals surface area contributed by atoms with Gasteiger partial charge in [0.1, 0.15) is 0 Å². The van der Waals surface area contributed by atoms with Crippen LogP contribution in [-0.2, 0) is 9.53 Å². The van der Waals surface area contributed by atoms with Crippen LogP contribution in [0.5, 0.6) is 0 Å². The molecule has 1 aliphatic carbocycles. The number of Topliss-reactive ketones (excluding diaryl/α,β-unsaturated/α-hetero) is 1. The zero-order chi connectivity index (χ0) is 17.8. The third-order valence-electron chi connectivity index (χ3n) is 5.43. The lowest BCUT2D eigenvalue weighted by molar-refractivity contribution is -0.147. The van der Waals surface area contributed by atoms with Gasteiger partial charge in [-0.15, -0.1) is 0 Å². The molecule has 0 saturated carbocycles. The van der Waals surface area contributed by atoms with E-state index in [9.17, 15) is 9.59 Å². The second-order valence-electron chi connectivity index (χ2n) is 6.64. The zero-order valence-electron chi connectivity index (χ0n) is 14.3. The summed E-state index contributed by atoms with van der Waals surface area (Å²) >= 11 is 0. The molecule has 25 heavy (non-hydrogen) atoms. The van der Waals surface area contributed by atoms with Crippen molar-refractivity contribution in [1.82, 2.24) is 0 Å². The Bertz CT molecular complexity index is 917. The predicted octanol–water partition coefficient (Wildman–Crippen LogP) is 3.47. The van der Waals surface area contributed by atoms with Gasteiger partial charge in [-0.1, -0.05) is 49.0 Å². The molecule has 0 spiro atoms. The number of nitrogens with zero attached hydrogens (tertiary/aromatic N) is 1. The number of ether oxygens (including phenoxy) is 1. The summed E-state index contributed by atoms with van der Waals surface area (Å²) in [5.74, 6) is -0.735. The number of benzene rings is 2. The molecule has 1 aliphatic heterocycles. The molecule has 2 aromatic carbocycles. The Kier molecular flexibility index (Phi) is 3.32. The van der Waals surface area contributed by atoms with Gasteiger partial charge in [-0.3, -0.25) is 9.59 Å². The Morgan fingerprint density at radius 2 is 1.88 bits per heavy atom. The number of para-hydroxylation sites is 1. The van der Waals surface area contributed by atoms with Crippen LogP contribution in [0, 0.1) is 12.3 Å². The first-order valence-corrected chi connectivity index (χ1v) is 8.26. The van der Waals surface area contributed by atoms with Gasteiger partial charge < -0.3 is 9.64 Å². The molecule has 0 N–H and O–H groups in total. The molecule has 4 nitrogen and oxygen atoms in total. The Hall–Kier alpha value is -2.88. The third-order valence-corrected chi connectivity index (χ3v) is 5.43. The molecule has 0 radical (unpaired) electrons. The molecule has 0 amide bonds. The molecule has 2 aliphatic rings. The Labute approximate surface area is 146 Å². The maximum atomic E-state index is 13.3. The van der Waals surface area contributed by atoms with E-state index in [-0.39, 0.29) is 5.78 Å². The summed E-state index contributed by atoms with van der Waals surface area (Å²) in [6.07, 6.45) is 0. The van der Waals surface area contributed by atoms with Gasteiger partial charge in [-0.25, -0.2) is 0 Å². The second kappa shape index (κ2) is 5.31. The molecule has 4 heteroatoms. The van der Waals surface area contributed by atoms with E-state index in [1.54, 1.807) is 6.07 Å². The summed E-state index contributed by atoms with van der Waals surface area (Å²) in [5, 5.41) is 0. The number of hydrogen-bond donors (Lipinski definition) is 0. The number of anilines is 1. The normalized spacial score (nSPS) is 24.2. The van der Waals surface area contributed by atoms with E-state index in [1.165, 1.54) is 7.11 Å². The minimum atomic E-state index is -1.36. The van der Waals surface area contributed by atoms with Crippen LogP contribution in [0.3, 0.4) is 0 Å². The van der Waals surface area contributed by atoms with Crippen LogP contribution in [0.2, 0.25) is 0 Å². The second-order valence-corrected chi connectivity index (χ2v) is 6.64. The highest BCUT2D eigenvalue weighted by Crippen LogP contribution is 2.59. The van der Waals surface area contributed by atoms with Crippen LogP contribution in [0.1, 0.15) is 27.5 Å². The van der Waals surface area contributed by atoms with Crippen LogP contribution in [0.15, 0.2) is 60.7 Å². The maximum Gasteiger partial charge on any atom is 0.326 e. The Morgan fingerprint density at radius 3 is 2.60 bits per heavy atom. The van der Waals surface area contributed by atoms with E-state index in [1.807, 2.05) is 49.4 Å². The standard InChI is InChI=1S/C21H19NO3/c1-13-8-4-7-11-17(13)22-12-14(2)21(20(24)25-3)18(22)15-9-5-6-10-16(15)19(21)23/h4-11,18H,2,12H2,1,3H3/t18-,21+/m0/s1. The fraction of sp³-hybridized carbons (Fsp3) is 0.238. The van der Waals surface area contributed by atoms with Crippen LogP contribution in [0.25, 0.3) is 0 Å². The molecular formula is C21H19NO3. The highest BCUT2D eigenvalue weighted by Gasteiger charge is 2.66. The molecule has 126 valence electrons. The van der Waals surface area contributed by atoms with Crippen LogP contribution in [-0.4, -0.2) is 25.4 Å². The Balaban J connectivity index is 1.99. The third kappa shape index (κ3) is 1.82. The average Bonchev–Trinajstić information content (AvgIpc) is 3.08. The summed E-state index contributed by atoms with van der Waals surface area (Å²) in [6, 6.07) is 15.0. The van der Waals surface area contributed by atoms with Gasteiger partial charge in [0.15, 0.2) is 11.2 Å². The van der Waals surface area contributed by atoms with E-state index >= 15 is 0 Å². The van der Waals surface area contributed by atoms with Gasteiger partial charge in [-0.2, -0.15) is 0 Å². The van der Waals surface area contributed by atoms with Gasteiger partial charge in [-0.05, 0) is 29.7 Å². The highest BCUT2D eigenvalue weighted by molar-refractivity contribution is 6.20. The number of ketones is 1. The van der Waals surface area contributed by atoms with Gasteiger partial charge in [0.05, 0.1) is 13.2 Å². The quantitative estimate of drug-likeness (QED) is 0.480. The van der Waals surface area contributed by atoms with E-state index in [2.05, 4.69) is 11.5 Å². The molecule has 2 aromatic rings. The lowest BCUT2D eigenvalue weighted by atomic mass is 9.77. The van der Waals surface area contributed by atoms with Crippen molar-refractivity contribution in [3.8, 4) is 0 Å². The first-order chi connectivity index (χ1) is 12.0. The smallest absolute Gasteiger partial charge is 0.326 e. The van der Waals surface area contributed by atoms with Crippen molar-refractivity contribution in [3.05, 3.63) is 77.4 Å². The SMILES string of the molecule is C=C1CN(c2ccccc2C)[C@H]2c3ccccc3C(=O)[C@@]12C(=O)OC. The molecular weight excluding hydrogens is 314 g/mol. The molecule has 4 rings (SSSR count). The van der Waals surface area contributed by atoms with E-state index in [0.717, 1.165) is 16.8 Å². The molecule has 1 fully saturated rings. The summed E-state index contributed by atoms with van der Waals surface area (Å²) in [7, 11) is 1.33. The van der Waals surface area contributed by atoms with Crippen molar-refractivity contribution in [2.24, 2.45) is 5.41 Å². The van der Waals surface area contributed by atoms with Gasteiger partial charge in [0, 0.05) is 17.8 Å². The van der Waals surface area contributed by atoms with Crippen LogP contribution >= 0.6 is 0 Å². The van der Waals surface area contributed by atoms with Crippen LogP contribution in [0.4, 0.5) is 5.69 Å². The maximum absolute atomic E-state index is 13.3. The molecule has 0 unspecified atom stereocenters. The minimum absolute atomic E-state index is 0.207. The van der Waals surface area contributed by atoms with E-state index in [4.69, 9.17) is 4.74 Å². The molecule has 0 bridgehead atoms. The van der Waals surface area contributed by atoms with Gasteiger partial charge >= 0.3 is 5.97 Å². The number of hydrogen-bond acceptors (Lipinski definition) is 4. The molecule has 2 atom stereocenters. The topological polar surface area (TPSA) is 46.6 Å². The van der Waals surface area contributed by atoms with Gasteiger partial charge in [0.2, 0.25) is 0 Å². The zero-order valence-corrected chi connectivity index (χ0v) is 14.3. The van der Waals surface area contributed by atoms with Crippen molar-refractivity contribution in [3.63, 3.8) is 0 Å². The number of fused-ring (bicyclic) bond motifs is 3. The van der Waals surface area contributed by atoms with Gasteiger partial charge in [0.25, 0.3) is 0 Å². The number of rotatable bonds is 2. The number of methoxy groups -OCH3 is 1. The van der Waals surface area contributed by atoms with Crippen LogP contribution < -0.4 is 4.90 Å². The predicted molar refractivity (Wildman–Crippen MR) is 95.6 cm³/mol. The summed E-state index contributed by atoms with van der Waals surface area (Å²) in [5.41, 5.74) is 2.77. The van der Waals surface area contributed by atoms with E-state index < -0.39 is 17.4 Å². The minimum Gasteiger partial charge on any atom is -0.468 e. The fourth-order valence-electron chi connectivity index (χ4n) is 4.31. The van der Waals surface area contributed by atoms with E-state index in [0.29, 0.717) is 17.7 Å². The summed E-state index contributed by atoms with van der Waals surface area (Å²) in [6.45, 7) is 6.59. The van der Waals surface area contributed by atoms with Crippen molar-refractivity contribution < 1.29 is 14.3 Å². The number of carbonyl (C=O) groups excluding carboxylic acids is 2. The molecule has 1 saturated heterocycles. The monoisotopic (exact) mass is 333 g/mol. The van der Waals surface area contributed by atoms with Crippen molar-refractivity contribution in [1.29, 1.82) is 0 Å². The highest BCUT2D eigenvalue weighted by atomic mass is 16.5.